The molecular formula is C16H24N2O2. The lowest BCUT2D eigenvalue weighted by molar-refractivity contribution is -0.125. The molecule has 1 amide bonds. The number of carbonyl (C=O) groups excluding carboxylic acids is 1. The zero-order valence-corrected chi connectivity index (χ0v) is 12.1. The van der Waals surface area contributed by atoms with Crippen LogP contribution in [0.25, 0.3) is 0 Å². The van der Waals surface area contributed by atoms with Crippen molar-refractivity contribution in [1.29, 1.82) is 0 Å². The molecule has 3 N–H and O–H groups in total. The van der Waals surface area contributed by atoms with E-state index in [1.807, 2.05) is 31.2 Å². The molecule has 1 aliphatic heterocycles. The maximum atomic E-state index is 12.0. The summed E-state index contributed by atoms with van der Waals surface area (Å²) in [5.74, 6) is 0.0623. The average molecular weight is 276 g/mol. The monoisotopic (exact) mass is 276 g/mol. The molecule has 2 unspecified atom stereocenters. The third kappa shape index (κ3) is 4.32. The van der Waals surface area contributed by atoms with Crippen molar-refractivity contribution in [1.82, 2.24) is 5.32 Å². The Kier molecular flexibility index (Phi) is 5.56. The highest BCUT2D eigenvalue weighted by molar-refractivity contribution is 5.76. The lowest BCUT2D eigenvalue weighted by Crippen LogP contribution is -2.32. The van der Waals surface area contributed by atoms with Crippen LogP contribution < -0.4 is 11.1 Å². The number of nitrogens with two attached hydrogens (primary N) is 1. The molecule has 0 aromatic heterocycles. The molecule has 110 valence electrons. The second kappa shape index (κ2) is 7.41. The summed E-state index contributed by atoms with van der Waals surface area (Å²) in [4.78, 5) is 12.0. The first-order valence-electron chi connectivity index (χ1n) is 7.39. The molecule has 2 rings (SSSR count). The minimum Gasteiger partial charge on any atom is -0.378 e. The quantitative estimate of drug-likeness (QED) is 0.867. The maximum Gasteiger partial charge on any atom is 0.223 e. The number of hydrogen-bond acceptors (Lipinski definition) is 3. The van der Waals surface area contributed by atoms with E-state index in [1.54, 1.807) is 0 Å². The van der Waals surface area contributed by atoms with Crippen molar-refractivity contribution in [3.63, 3.8) is 0 Å². The van der Waals surface area contributed by atoms with Gasteiger partial charge in [-0.15, -0.1) is 0 Å². The zero-order chi connectivity index (χ0) is 14.4. The summed E-state index contributed by atoms with van der Waals surface area (Å²) in [6.07, 6.45) is 3.82. The fourth-order valence-electron chi connectivity index (χ4n) is 2.50. The van der Waals surface area contributed by atoms with Gasteiger partial charge < -0.3 is 15.8 Å². The summed E-state index contributed by atoms with van der Waals surface area (Å²) >= 11 is 0. The smallest absolute Gasteiger partial charge is 0.223 e. The first kappa shape index (κ1) is 15.0. The number of nitrogens with one attached hydrogen (secondary N) is 1. The number of ether oxygens (including phenoxy) is 1. The van der Waals surface area contributed by atoms with Crippen LogP contribution in [0.5, 0.6) is 0 Å². The molecule has 20 heavy (non-hydrogen) atoms. The van der Waals surface area contributed by atoms with Crippen LogP contribution in [-0.4, -0.2) is 18.6 Å². The molecule has 1 aromatic rings. The Bertz CT molecular complexity index is 425. The molecule has 1 aromatic carbocycles. The number of amides is 1. The molecule has 1 saturated heterocycles. The summed E-state index contributed by atoms with van der Waals surface area (Å²) in [7, 11) is 0. The van der Waals surface area contributed by atoms with Gasteiger partial charge in [-0.05, 0) is 37.3 Å². The standard InChI is InChI=1S/C16H24N2O2/c1-12(14-7-5-13(11-17)6-8-14)18-16(19)10-15-4-2-3-9-20-15/h5-8,12,15H,2-4,9-11,17H2,1H3,(H,18,19). The van der Waals surface area contributed by atoms with E-state index in [2.05, 4.69) is 5.32 Å². The molecule has 1 aliphatic rings. The molecule has 4 nitrogen and oxygen atoms in total. The van der Waals surface area contributed by atoms with Gasteiger partial charge in [0.05, 0.1) is 18.6 Å². The van der Waals surface area contributed by atoms with E-state index in [1.165, 1.54) is 0 Å². The largest absolute Gasteiger partial charge is 0.378 e. The first-order valence-corrected chi connectivity index (χ1v) is 7.39. The Morgan fingerprint density at radius 2 is 2.15 bits per heavy atom. The van der Waals surface area contributed by atoms with Crippen LogP contribution in [-0.2, 0) is 16.1 Å². The van der Waals surface area contributed by atoms with Crippen molar-refractivity contribution in [2.75, 3.05) is 6.61 Å². The van der Waals surface area contributed by atoms with E-state index >= 15 is 0 Å². The van der Waals surface area contributed by atoms with Gasteiger partial charge in [0.15, 0.2) is 0 Å². The summed E-state index contributed by atoms with van der Waals surface area (Å²) in [6.45, 7) is 3.32. The van der Waals surface area contributed by atoms with Gasteiger partial charge in [0, 0.05) is 13.2 Å². The molecule has 1 fully saturated rings. The Morgan fingerprint density at radius 3 is 2.75 bits per heavy atom. The van der Waals surface area contributed by atoms with Gasteiger partial charge in [0.1, 0.15) is 0 Å². The summed E-state index contributed by atoms with van der Waals surface area (Å²) in [5.41, 5.74) is 7.77. The van der Waals surface area contributed by atoms with Crippen LogP contribution in [0.1, 0.15) is 49.8 Å². The second-order valence-electron chi connectivity index (χ2n) is 5.43. The fraction of sp³-hybridized carbons (Fsp3) is 0.562. The molecule has 0 radical (unpaired) electrons. The molecular weight excluding hydrogens is 252 g/mol. The van der Waals surface area contributed by atoms with E-state index in [9.17, 15) is 4.79 Å². The third-order valence-corrected chi connectivity index (χ3v) is 3.78. The van der Waals surface area contributed by atoms with Gasteiger partial charge in [0.25, 0.3) is 0 Å². The van der Waals surface area contributed by atoms with Gasteiger partial charge in [0.2, 0.25) is 5.91 Å². The minimum atomic E-state index is 0.0120. The van der Waals surface area contributed by atoms with Gasteiger partial charge >= 0.3 is 0 Å². The molecule has 4 heteroatoms. The van der Waals surface area contributed by atoms with Crippen molar-refractivity contribution in [3.8, 4) is 0 Å². The summed E-state index contributed by atoms with van der Waals surface area (Å²) in [6, 6.07) is 8.05. The first-order chi connectivity index (χ1) is 9.69. The molecule has 0 aliphatic carbocycles. The third-order valence-electron chi connectivity index (χ3n) is 3.78. The maximum absolute atomic E-state index is 12.0. The van der Waals surface area contributed by atoms with Crippen LogP contribution >= 0.6 is 0 Å². The predicted molar refractivity (Wildman–Crippen MR) is 79.1 cm³/mol. The Hall–Kier alpha value is -1.39. The van der Waals surface area contributed by atoms with Gasteiger partial charge in [-0.3, -0.25) is 4.79 Å². The summed E-state index contributed by atoms with van der Waals surface area (Å²) in [5, 5.41) is 3.03. The molecule has 2 atom stereocenters. The van der Waals surface area contributed by atoms with Gasteiger partial charge in [-0.1, -0.05) is 24.3 Å². The van der Waals surface area contributed by atoms with Gasteiger partial charge in [-0.2, -0.15) is 0 Å². The molecule has 1 heterocycles. The Labute approximate surface area is 120 Å². The highest BCUT2D eigenvalue weighted by Crippen LogP contribution is 2.17. The van der Waals surface area contributed by atoms with Crippen molar-refractivity contribution in [3.05, 3.63) is 35.4 Å². The number of rotatable bonds is 5. The van der Waals surface area contributed by atoms with Crippen molar-refractivity contribution < 1.29 is 9.53 Å². The molecule has 0 bridgehead atoms. The Balaban J connectivity index is 1.82. The normalized spacial score (nSPS) is 20.4. The van der Waals surface area contributed by atoms with Crippen molar-refractivity contribution in [2.45, 2.75) is 51.3 Å². The highest BCUT2D eigenvalue weighted by Gasteiger charge is 2.18. The lowest BCUT2D eigenvalue weighted by atomic mass is 10.0. The van der Waals surface area contributed by atoms with Crippen LogP contribution in [0.3, 0.4) is 0 Å². The van der Waals surface area contributed by atoms with E-state index in [0.29, 0.717) is 13.0 Å². The van der Waals surface area contributed by atoms with Crippen molar-refractivity contribution in [2.24, 2.45) is 5.73 Å². The zero-order valence-electron chi connectivity index (χ0n) is 12.1. The minimum absolute atomic E-state index is 0.0120. The van der Waals surface area contributed by atoms with E-state index in [-0.39, 0.29) is 18.1 Å². The van der Waals surface area contributed by atoms with Gasteiger partial charge in [-0.25, -0.2) is 0 Å². The van der Waals surface area contributed by atoms with Crippen LogP contribution in [0.4, 0.5) is 0 Å². The van der Waals surface area contributed by atoms with Crippen LogP contribution in [0.2, 0.25) is 0 Å². The predicted octanol–water partition coefficient (Wildman–Crippen LogP) is 2.28. The number of benzene rings is 1. The van der Waals surface area contributed by atoms with Crippen molar-refractivity contribution >= 4 is 5.91 Å². The van der Waals surface area contributed by atoms with Crippen LogP contribution in [0, 0.1) is 0 Å². The average Bonchev–Trinajstić information content (AvgIpc) is 2.48. The van der Waals surface area contributed by atoms with E-state index < -0.39 is 0 Å². The van der Waals surface area contributed by atoms with E-state index in [0.717, 1.165) is 37.0 Å². The number of carbonyl (C=O) groups is 1. The van der Waals surface area contributed by atoms with Crippen LogP contribution in [0.15, 0.2) is 24.3 Å². The number of hydrogen-bond donors (Lipinski definition) is 2. The van der Waals surface area contributed by atoms with E-state index in [4.69, 9.17) is 10.5 Å². The SMILES string of the molecule is CC(NC(=O)CC1CCCCO1)c1ccc(CN)cc1. The Morgan fingerprint density at radius 1 is 1.40 bits per heavy atom. The topological polar surface area (TPSA) is 64.3 Å². The lowest BCUT2D eigenvalue weighted by Gasteiger charge is -2.23. The summed E-state index contributed by atoms with van der Waals surface area (Å²) < 4.78 is 5.59. The molecule has 0 spiro atoms. The highest BCUT2D eigenvalue weighted by atomic mass is 16.5. The fourth-order valence-corrected chi connectivity index (χ4v) is 2.50. The molecule has 0 saturated carbocycles. The second-order valence-corrected chi connectivity index (χ2v) is 5.43.